The van der Waals surface area contributed by atoms with Gasteiger partial charge < -0.3 is 4.57 Å². The largest absolute Gasteiger partial charge is 0.316 e. The molecule has 0 bridgehead atoms. The molecule has 0 fully saturated rings. The maximum Gasteiger partial charge on any atom is 0.261 e. The average molecular weight is 333 g/mol. The summed E-state index contributed by atoms with van der Waals surface area (Å²) >= 11 is 11.5. The Morgan fingerprint density at radius 2 is 1.80 bits per heavy atom. The summed E-state index contributed by atoms with van der Waals surface area (Å²) in [7, 11) is -2.26. The van der Waals surface area contributed by atoms with Crippen molar-refractivity contribution in [1.29, 1.82) is 0 Å². The van der Waals surface area contributed by atoms with Crippen LogP contribution in [0.2, 0.25) is 10.0 Å². The van der Waals surface area contributed by atoms with Crippen molar-refractivity contribution in [3.05, 3.63) is 56.9 Å². The van der Waals surface area contributed by atoms with Gasteiger partial charge in [-0.25, -0.2) is 8.42 Å². The highest BCUT2D eigenvalue weighted by Gasteiger charge is 2.15. The van der Waals surface area contributed by atoms with E-state index < -0.39 is 10.0 Å². The Kier molecular flexibility index (Phi) is 4.08. The van der Waals surface area contributed by atoms with Crippen LogP contribution < -0.4 is 10.3 Å². The van der Waals surface area contributed by atoms with E-state index in [0.717, 1.165) is 0 Å². The molecular weight excluding hydrogens is 323 g/mol. The van der Waals surface area contributed by atoms with Gasteiger partial charge in [-0.1, -0.05) is 23.2 Å². The zero-order valence-corrected chi connectivity index (χ0v) is 12.6. The van der Waals surface area contributed by atoms with Crippen molar-refractivity contribution in [2.75, 3.05) is 4.72 Å². The van der Waals surface area contributed by atoms with E-state index in [9.17, 15) is 13.2 Å². The summed E-state index contributed by atoms with van der Waals surface area (Å²) in [5.41, 5.74) is 0.0423. The van der Waals surface area contributed by atoms with E-state index in [0.29, 0.717) is 0 Å². The monoisotopic (exact) mass is 332 g/mol. The first-order valence-corrected chi connectivity index (χ1v) is 7.68. The normalized spacial score (nSPS) is 11.3. The number of rotatable bonds is 3. The molecule has 5 nitrogen and oxygen atoms in total. The lowest BCUT2D eigenvalue weighted by atomic mass is 10.4. The molecule has 1 heterocycles. The topological polar surface area (TPSA) is 68.2 Å². The van der Waals surface area contributed by atoms with Gasteiger partial charge in [-0.15, -0.1) is 0 Å². The maximum atomic E-state index is 12.2. The number of sulfonamides is 1. The van der Waals surface area contributed by atoms with E-state index in [4.69, 9.17) is 23.2 Å². The lowest BCUT2D eigenvalue weighted by Gasteiger charge is -2.09. The maximum absolute atomic E-state index is 12.2. The van der Waals surface area contributed by atoms with Gasteiger partial charge in [0, 0.05) is 19.3 Å². The molecule has 1 aromatic heterocycles. The molecule has 1 N–H and O–H groups in total. The molecule has 0 unspecified atom stereocenters. The van der Waals surface area contributed by atoms with Crippen LogP contribution in [0.15, 0.2) is 46.2 Å². The molecule has 2 aromatic rings. The zero-order chi connectivity index (χ0) is 14.9. The highest BCUT2D eigenvalue weighted by molar-refractivity contribution is 7.92. The Labute approximate surface area is 125 Å². The second-order valence-corrected chi connectivity index (χ2v) is 6.55. The number of pyridine rings is 1. The number of aryl methyl sites for hydroxylation is 1. The van der Waals surface area contributed by atoms with Gasteiger partial charge in [-0.3, -0.25) is 9.52 Å². The molecule has 0 radical (unpaired) electrons. The van der Waals surface area contributed by atoms with E-state index in [2.05, 4.69) is 4.72 Å². The van der Waals surface area contributed by atoms with Gasteiger partial charge in [0.2, 0.25) is 5.56 Å². The minimum absolute atomic E-state index is 0.0132. The van der Waals surface area contributed by atoms with E-state index in [1.54, 1.807) is 0 Å². The molecule has 0 spiro atoms. The average Bonchev–Trinajstić information content (AvgIpc) is 2.37. The highest BCUT2D eigenvalue weighted by atomic mass is 35.5. The molecular formula is C12H10Cl2N2O3S. The fourth-order valence-corrected chi connectivity index (χ4v) is 2.94. The molecule has 0 amide bonds. The van der Waals surface area contributed by atoms with Gasteiger partial charge in [0.05, 0.1) is 20.6 Å². The number of benzene rings is 1. The van der Waals surface area contributed by atoms with Gasteiger partial charge in [0.25, 0.3) is 10.0 Å². The van der Waals surface area contributed by atoms with E-state index in [1.807, 2.05) is 0 Å². The van der Waals surface area contributed by atoms with Crippen LogP contribution in [0.25, 0.3) is 0 Å². The molecule has 0 aliphatic carbocycles. The van der Waals surface area contributed by atoms with Crippen molar-refractivity contribution >= 4 is 38.9 Å². The van der Waals surface area contributed by atoms with E-state index >= 15 is 0 Å². The van der Waals surface area contributed by atoms with Crippen LogP contribution in [0, 0.1) is 0 Å². The smallest absolute Gasteiger partial charge is 0.261 e. The predicted octanol–water partition coefficient (Wildman–Crippen LogP) is 2.49. The summed E-state index contributed by atoms with van der Waals surface area (Å²) in [6.45, 7) is 0. The van der Waals surface area contributed by atoms with Crippen LogP contribution in [0.5, 0.6) is 0 Å². The van der Waals surface area contributed by atoms with Crippen LogP contribution in [0.3, 0.4) is 0 Å². The van der Waals surface area contributed by atoms with Gasteiger partial charge in [-0.2, -0.15) is 0 Å². The Morgan fingerprint density at radius 3 is 2.40 bits per heavy atom. The fourth-order valence-electron chi connectivity index (χ4n) is 1.51. The van der Waals surface area contributed by atoms with Crippen LogP contribution in [-0.4, -0.2) is 13.0 Å². The third kappa shape index (κ3) is 3.15. The van der Waals surface area contributed by atoms with Crippen molar-refractivity contribution in [1.82, 2.24) is 4.57 Å². The number of hydrogen-bond donors (Lipinski definition) is 1. The third-order valence-electron chi connectivity index (χ3n) is 2.54. The number of halogens is 2. The Balaban J connectivity index is 2.37. The Morgan fingerprint density at radius 1 is 1.10 bits per heavy atom. The van der Waals surface area contributed by atoms with Crippen molar-refractivity contribution in [2.45, 2.75) is 4.90 Å². The SMILES string of the molecule is Cn1cc(NS(=O)(=O)c2ccc(Cl)c(Cl)c2)ccc1=O. The summed E-state index contributed by atoms with van der Waals surface area (Å²) in [5.74, 6) is 0. The molecule has 0 saturated carbocycles. The minimum atomic E-state index is -3.79. The van der Waals surface area contributed by atoms with Crippen molar-refractivity contribution in [3.8, 4) is 0 Å². The second-order valence-electron chi connectivity index (χ2n) is 4.05. The third-order valence-corrected chi connectivity index (χ3v) is 4.66. The van der Waals surface area contributed by atoms with E-state index in [1.165, 1.54) is 48.1 Å². The molecule has 0 saturated heterocycles. The van der Waals surface area contributed by atoms with Crippen LogP contribution in [-0.2, 0) is 17.1 Å². The molecule has 20 heavy (non-hydrogen) atoms. The van der Waals surface area contributed by atoms with Crippen molar-refractivity contribution < 1.29 is 8.42 Å². The lowest BCUT2D eigenvalue weighted by molar-refractivity contribution is 0.601. The quantitative estimate of drug-likeness (QED) is 0.938. The molecule has 0 aliphatic rings. The molecule has 8 heteroatoms. The number of hydrogen-bond acceptors (Lipinski definition) is 3. The van der Waals surface area contributed by atoms with Crippen LogP contribution in [0.4, 0.5) is 5.69 Å². The first kappa shape index (κ1) is 14.9. The fraction of sp³-hybridized carbons (Fsp3) is 0.0833. The minimum Gasteiger partial charge on any atom is -0.316 e. The van der Waals surface area contributed by atoms with Gasteiger partial charge in [0.1, 0.15) is 0 Å². The summed E-state index contributed by atoms with van der Waals surface area (Å²) in [6, 6.07) is 6.66. The lowest BCUT2D eigenvalue weighted by Crippen LogP contribution is -2.18. The molecule has 0 aliphatic heterocycles. The number of aromatic nitrogens is 1. The summed E-state index contributed by atoms with van der Waals surface area (Å²) < 4.78 is 28.0. The van der Waals surface area contributed by atoms with Gasteiger partial charge in [-0.05, 0) is 24.3 Å². The zero-order valence-electron chi connectivity index (χ0n) is 10.3. The molecule has 1 aromatic carbocycles. The molecule has 106 valence electrons. The summed E-state index contributed by atoms with van der Waals surface area (Å²) in [5, 5.41) is 0.419. The predicted molar refractivity (Wildman–Crippen MR) is 79.0 cm³/mol. The summed E-state index contributed by atoms with van der Waals surface area (Å²) in [6.07, 6.45) is 1.39. The number of anilines is 1. The Bertz CT molecular complexity index is 816. The summed E-state index contributed by atoms with van der Waals surface area (Å²) in [4.78, 5) is 11.2. The first-order chi connectivity index (χ1) is 9.29. The van der Waals surface area contributed by atoms with Crippen LogP contribution in [0.1, 0.15) is 0 Å². The highest BCUT2D eigenvalue weighted by Crippen LogP contribution is 2.25. The molecule has 2 rings (SSSR count). The van der Waals surface area contributed by atoms with Crippen molar-refractivity contribution in [2.24, 2.45) is 7.05 Å². The van der Waals surface area contributed by atoms with E-state index in [-0.39, 0.29) is 26.2 Å². The van der Waals surface area contributed by atoms with Crippen molar-refractivity contribution in [3.63, 3.8) is 0 Å². The van der Waals surface area contributed by atoms with Gasteiger partial charge in [0.15, 0.2) is 0 Å². The van der Waals surface area contributed by atoms with Crippen LogP contribution >= 0.6 is 23.2 Å². The number of nitrogens with zero attached hydrogens (tertiary/aromatic N) is 1. The molecule has 0 atom stereocenters. The Hall–Kier alpha value is -1.50. The number of nitrogens with one attached hydrogen (secondary N) is 1. The second kappa shape index (κ2) is 5.47. The first-order valence-electron chi connectivity index (χ1n) is 5.44. The van der Waals surface area contributed by atoms with Gasteiger partial charge >= 0.3 is 0 Å². The standard InChI is InChI=1S/C12H10Cl2N2O3S/c1-16-7-8(2-5-12(16)17)15-20(18,19)9-3-4-10(13)11(14)6-9/h2-7,15H,1H3.